The lowest BCUT2D eigenvalue weighted by atomic mass is 10.0. The summed E-state index contributed by atoms with van der Waals surface area (Å²) in [6, 6.07) is 18.4. The first-order valence-electron chi connectivity index (χ1n) is 16.3. The Morgan fingerprint density at radius 2 is 0.762 bits per heavy atom. The number of hydrogen-bond donors (Lipinski definition) is 0. The van der Waals surface area contributed by atoms with E-state index in [0.29, 0.717) is 0 Å². The molecule has 0 aliphatic carbocycles. The third-order valence-corrected chi connectivity index (χ3v) is 7.79. The third kappa shape index (κ3) is 12.7. The second kappa shape index (κ2) is 19.7. The molecule has 0 unspecified atom stereocenters. The van der Waals surface area contributed by atoms with Crippen LogP contribution in [-0.2, 0) is 12.8 Å². The molecule has 0 aromatic heterocycles. The molecule has 0 aliphatic heterocycles. The van der Waals surface area contributed by atoms with Crippen LogP contribution in [0.1, 0.15) is 137 Å². The van der Waals surface area contributed by atoms with Crippen molar-refractivity contribution in [2.45, 2.75) is 117 Å². The van der Waals surface area contributed by atoms with Gasteiger partial charge in [0.25, 0.3) is 0 Å². The Bertz CT molecular complexity index is 1210. The summed E-state index contributed by atoms with van der Waals surface area (Å²) in [5, 5.41) is 0. The SMILES string of the molecule is CCCCCCCCCc1ccc(C#Cc2cc(F)c(C#Cc3ccc(CCCCCCCCC)cc3)cc2F)cc1. The summed E-state index contributed by atoms with van der Waals surface area (Å²) in [4.78, 5) is 0. The van der Waals surface area contributed by atoms with Crippen LogP contribution in [0.15, 0.2) is 60.7 Å². The Kier molecular flexibility index (Phi) is 15.6. The van der Waals surface area contributed by atoms with E-state index in [9.17, 15) is 8.78 Å². The molecule has 222 valence electrons. The smallest absolute Gasteiger partial charge is 0.140 e. The molecule has 0 saturated heterocycles. The summed E-state index contributed by atoms with van der Waals surface area (Å²) < 4.78 is 29.5. The van der Waals surface area contributed by atoms with Crippen molar-refractivity contribution in [2.24, 2.45) is 0 Å². The first-order chi connectivity index (χ1) is 20.6. The van der Waals surface area contributed by atoms with Gasteiger partial charge in [0.1, 0.15) is 11.6 Å². The highest BCUT2D eigenvalue weighted by Gasteiger charge is 2.07. The lowest BCUT2D eigenvalue weighted by molar-refractivity contribution is 0.589. The molecule has 0 fully saturated rings. The van der Waals surface area contributed by atoms with Gasteiger partial charge in [-0.15, -0.1) is 0 Å². The highest BCUT2D eigenvalue weighted by molar-refractivity contribution is 5.49. The van der Waals surface area contributed by atoms with Crippen LogP contribution in [0.2, 0.25) is 0 Å². The fraction of sp³-hybridized carbons (Fsp3) is 0.450. The van der Waals surface area contributed by atoms with Gasteiger partial charge < -0.3 is 0 Å². The van der Waals surface area contributed by atoms with Gasteiger partial charge in [-0.25, -0.2) is 8.78 Å². The lowest BCUT2D eigenvalue weighted by Gasteiger charge is -2.03. The van der Waals surface area contributed by atoms with Crippen molar-refractivity contribution in [3.63, 3.8) is 0 Å². The van der Waals surface area contributed by atoms with E-state index in [0.717, 1.165) is 36.1 Å². The zero-order valence-corrected chi connectivity index (χ0v) is 25.8. The molecular formula is C40H48F2. The molecule has 0 N–H and O–H groups in total. The van der Waals surface area contributed by atoms with E-state index in [1.54, 1.807) is 0 Å². The van der Waals surface area contributed by atoms with E-state index in [4.69, 9.17) is 0 Å². The van der Waals surface area contributed by atoms with E-state index >= 15 is 0 Å². The molecule has 0 saturated carbocycles. The number of hydrogen-bond acceptors (Lipinski definition) is 0. The van der Waals surface area contributed by atoms with Gasteiger partial charge in [-0.1, -0.05) is 139 Å². The summed E-state index contributed by atoms with van der Waals surface area (Å²) in [6.07, 6.45) is 20.3. The highest BCUT2D eigenvalue weighted by Crippen LogP contribution is 2.16. The van der Waals surface area contributed by atoms with Crippen molar-refractivity contribution in [1.29, 1.82) is 0 Å². The largest absolute Gasteiger partial charge is 0.206 e. The summed E-state index contributed by atoms with van der Waals surface area (Å²) >= 11 is 0. The molecule has 0 nitrogen and oxygen atoms in total. The molecule has 3 aromatic rings. The Hall–Kier alpha value is -3.36. The van der Waals surface area contributed by atoms with Gasteiger partial charge >= 0.3 is 0 Å². The van der Waals surface area contributed by atoms with Crippen LogP contribution in [0.4, 0.5) is 8.78 Å². The minimum Gasteiger partial charge on any atom is -0.206 e. The first kappa shape index (κ1) is 33.1. The first-order valence-corrected chi connectivity index (χ1v) is 16.3. The summed E-state index contributed by atoms with van der Waals surface area (Å²) in [5.74, 6) is 10.4. The maximum absolute atomic E-state index is 14.7. The second-order valence-corrected chi connectivity index (χ2v) is 11.4. The summed E-state index contributed by atoms with van der Waals surface area (Å²) in [5.41, 5.74) is 4.24. The number of benzene rings is 3. The Labute approximate surface area is 254 Å². The minimum absolute atomic E-state index is 0.0416. The molecule has 42 heavy (non-hydrogen) atoms. The fourth-order valence-electron chi connectivity index (χ4n) is 5.10. The lowest BCUT2D eigenvalue weighted by Crippen LogP contribution is -1.92. The third-order valence-electron chi connectivity index (χ3n) is 7.79. The highest BCUT2D eigenvalue weighted by atomic mass is 19.1. The molecule has 0 heterocycles. The van der Waals surface area contributed by atoms with Gasteiger partial charge in [-0.2, -0.15) is 0 Å². The van der Waals surface area contributed by atoms with Crippen molar-refractivity contribution in [1.82, 2.24) is 0 Å². The molecule has 0 spiro atoms. The van der Waals surface area contributed by atoms with Crippen molar-refractivity contribution in [3.8, 4) is 23.7 Å². The Balaban J connectivity index is 1.49. The molecular weight excluding hydrogens is 518 g/mol. The molecule has 0 aliphatic rings. The maximum Gasteiger partial charge on any atom is 0.140 e. The van der Waals surface area contributed by atoms with Crippen LogP contribution < -0.4 is 0 Å². The number of halogens is 2. The predicted molar refractivity (Wildman–Crippen MR) is 175 cm³/mol. The number of rotatable bonds is 16. The fourth-order valence-corrected chi connectivity index (χ4v) is 5.10. The maximum atomic E-state index is 14.7. The van der Waals surface area contributed by atoms with Gasteiger partial charge in [0, 0.05) is 11.1 Å². The molecule has 0 atom stereocenters. The summed E-state index contributed by atoms with van der Waals surface area (Å²) in [6.45, 7) is 4.49. The minimum atomic E-state index is -0.561. The molecule has 3 aromatic carbocycles. The van der Waals surface area contributed by atoms with E-state index in [1.165, 1.54) is 101 Å². The molecule has 0 amide bonds. The molecule has 2 heteroatoms. The zero-order valence-electron chi connectivity index (χ0n) is 25.8. The normalized spacial score (nSPS) is 10.6. The van der Waals surface area contributed by atoms with Gasteiger partial charge in [-0.05, 0) is 73.2 Å². The van der Waals surface area contributed by atoms with E-state index < -0.39 is 11.6 Å². The van der Waals surface area contributed by atoms with Crippen molar-refractivity contribution < 1.29 is 8.78 Å². The van der Waals surface area contributed by atoms with E-state index in [2.05, 4.69) is 61.8 Å². The predicted octanol–water partition coefficient (Wildman–Crippen LogP) is 11.4. The number of unbranched alkanes of at least 4 members (excludes halogenated alkanes) is 12. The van der Waals surface area contributed by atoms with Crippen molar-refractivity contribution in [3.05, 3.63) is 106 Å². The topological polar surface area (TPSA) is 0 Å². The monoisotopic (exact) mass is 566 g/mol. The molecule has 0 bridgehead atoms. The Morgan fingerprint density at radius 3 is 1.12 bits per heavy atom. The van der Waals surface area contributed by atoms with Gasteiger partial charge in [0.15, 0.2) is 0 Å². The summed E-state index contributed by atoms with van der Waals surface area (Å²) in [7, 11) is 0. The van der Waals surface area contributed by atoms with Gasteiger partial charge in [-0.3, -0.25) is 0 Å². The van der Waals surface area contributed by atoms with Crippen LogP contribution in [-0.4, -0.2) is 0 Å². The van der Waals surface area contributed by atoms with Gasteiger partial charge in [0.2, 0.25) is 0 Å². The van der Waals surface area contributed by atoms with Crippen LogP contribution in [0, 0.1) is 35.3 Å². The van der Waals surface area contributed by atoms with Crippen LogP contribution >= 0.6 is 0 Å². The second-order valence-electron chi connectivity index (χ2n) is 11.4. The molecule has 3 rings (SSSR count). The zero-order chi connectivity index (χ0) is 29.8. The van der Waals surface area contributed by atoms with Crippen LogP contribution in [0.25, 0.3) is 0 Å². The quantitative estimate of drug-likeness (QED) is 0.119. The van der Waals surface area contributed by atoms with E-state index in [-0.39, 0.29) is 11.1 Å². The average Bonchev–Trinajstić information content (AvgIpc) is 3.01. The van der Waals surface area contributed by atoms with Gasteiger partial charge in [0.05, 0.1) is 11.1 Å². The van der Waals surface area contributed by atoms with Crippen LogP contribution in [0.3, 0.4) is 0 Å². The standard InChI is InChI=1S/C40H48F2/c1-3-5-7-9-11-13-15-17-33-19-23-35(24-20-33)27-29-37-31-40(42)38(32-39(37)41)30-28-36-25-21-34(22-26-36)18-16-14-12-10-8-6-4-2/h19-26,31-32H,3-18H2,1-2H3. The van der Waals surface area contributed by atoms with Crippen molar-refractivity contribution >= 4 is 0 Å². The van der Waals surface area contributed by atoms with E-state index in [1.807, 2.05) is 24.3 Å². The average molecular weight is 567 g/mol. The number of aryl methyl sites for hydroxylation is 2. The van der Waals surface area contributed by atoms with Crippen LogP contribution in [0.5, 0.6) is 0 Å². The molecule has 0 radical (unpaired) electrons. The van der Waals surface area contributed by atoms with Crippen molar-refractivity contribution in [2.75, 3.05) is 0 Å². The Morgan fingerprint density at radius 1 is 0.429 bits per heavy atom.